The van der Waals surface area contributed by atoms with Gasteiger partial charge in [0.05, 0.1) is 27.7 Å². The monoisotopic (exact) mass is 428 g/mol. The number of hydrogen-bond donors (Lipinski definition) is 0. The van der Waals surface area contributed by atoms with Crippen LogP contribution in [0, 0.1) is 0 Å². The Labute approximate surface area is 166 Å². The van der Waals surface area contributed by atoms with Crippen molar-refractivity contribution in [3.8, 4) is 5.75 Å². The predicted octanol–water partition coefficient (Wildman–Crippen LogP) is 5.08. The van der Waals surface area contributed by atoms with Crippen LogP contribution >= 0.6 is 22.7 Å². The lowest BCUT2D eigenvalue weighted by Crippen LogP contribution is -2.37. The molecular formula is C18H15F3N2O3S2. The number of hydrogen-bond acceptors (Lipinski definition) is 6. The molecule has 0 bridgehead atoms. The molecule has 1 amide bonds. The van der Waals surface area contributed by atoms with Gasteiger partial charge in [0.25, 0.3) is 5.91 Å². The van der Waals surface area contributed by atoms with Crippen molar-refractivity contribution in [2.45, 2.75) is 25.3 Å². The Morgan fingerprint density at radius 1 is 1.36 bits per heavy atom. The van der Waals surface area contributed by atoms with Crippen LogP contribution in [0.5, 0.6) is 5.75 Å². The van der Waals surface area contributed by atoms with Gasteiger partial charge in [0.15, 0.2) is 5.13 Å². The average Bonchev–Trinajstić information content (AvgIpc) is 3.37. The van der Waals surface area contributed by atoms with Gasteiger partial charge in [-0.15, -0.1) is 24.5 Å². The lowest BCUT2D eigenvalue weighted by molar-refractivity contribution is -0.274. The summed E-state index contributed by atoms with van der Waals surface area (Å²) in [5, 5.41) is 2.24. The number of thiazole rings is 1. The van der Waals surface area contributed by atoms with Gasteiger partial charge in [0, 0.05) is 12.7 Å². The van der Waals surface area contributed by atoms with E-state index in [9.17, 15) is 18.0 Å². The van der Waals surface area contributed by atoms with Gasteiger partial charge in [-0.05, 0) is 36.4 Å². The summed E-state index contributed by atoms with van der Waals surface area (Å²) in [6, 6.07) is 7.48. The van der Waals surface area contributed by atoms with Gasteiger partial charge in [0.2, 0.25) is 0 Å². The molecular weight excluding hydrogens is 413 g/mol. The van der Waals surface area contributed by atoms with E-state index in [1.165, 1.54) is 29.5 Å². The highest BCUT2D eigenvalue weighted by atomic mass is 32.1. The molecule has 28 heavy (non-hydrogen) atoms. The number of ether oxygens (including phenoxy) is 2. The minimum atomic E-state index is -4.76. The summed E-state index contributed by atoms with van der Waals surface area (Å²) < 4.78 is 47.5. The highest BCUT2D eigenvalue weighted by molar-refractivity contribution is 7.22. The van der Waals surface area contributed by atoms with Crippen LogP contribution in [-0.2, 0) is 4.74 Å². The minimum absolute atomic E-state index is 0.0833. The highest BCUT2D eigenvalue weighted by Crippen LogP contribution is 2.34. The van der Waals surface area contributed by atoms with Crippen molar-refractivity contribution < 1.29 is 27.4 Å². The number of aromatic nitrogens is 1. The van der Waals surface area contributed by atoms with Crippen LogP contribution in [0.1, 0.15) is 22.5 Å². The number of nitrogens with zero attached hydrogens (tertiary/aromatic N) is 2. The Hall–Kier alpha value is -2.17. The van der Waals surface area contributed by atoms with Crippen LogP contribution in [0.15, 0.2) is 35.7 Å². The van der Waals surface area contributed by atoms with E-state index in [-0.39, 0.29) is 17.8 Å². The maximum Gasteiger partial charge on any atom is 0.573 e. The van der Waals surface area contributed by atoms with Gasteiger partial charge in [-0.3, -0.25) is 9.69 Å². The zero-order valence-corrected chi connectivity index (χ0v) is 16.1. The fourth-order valence-corrected chi connectivity index (χ4v) is 4.65. The van der Waals surface area contributed by atoms with Crippen molar-refractivity contribution >= 4 is 43.9 Å². The number of fused-ring (bicyclic) bond motifs is 1. The maximum atomic E-state index is 13.0. The summed E-state index contributed by atoms with van der Waals surface area (Å²) in [5.41, 5.74) is 0.505. The third-order valence-corrected chi connectivity index (χ3v) is 6.10. The van der Waals surface area contributed by atoms with Crippen molar-refractivity contribution in [2.24, 2.45) is 0 Å². The number of benzene rings is 1. The van der Waals surface area contributed by atoms with Gasteiger partial charge in [0.1, 0.15) is 5.75 Å². The topological polar surface area (TPSA) is 51.7 Å². The number of thiophene rings is 1. The van der Waals surface area contributed by atoms with Gasteiger partial charge >= 0.3 is 6.36 Å². The molecule has 10 heteroatoms. The first-order valence-electron chi connectivity index (χ1n) is 8.52. The summed E-state index contributed by atoms with van der Waals surface area (Å²) in [5.74, 6) is -0.512. The van der Waals surface area contributed by atoms with Crippen LogP contribution in [0.25, 0.3) is 10.2 Å². The van der Waals surface area contributed by atoms with Gasteiger partial charge in [-0.25, -0.2) is 4.98 Å². The SMILES string of the molecule is O=C(c1cccs1)N(C[C@@H]1CCCO1)c1nc2ccc(OC(F)(F)F)cc2s1. The number of carbonyl (C=O) groups is 1. The average molecular weight is 428 g/mol. The van der Waals surface area contributed by atoms with E-state index >= 15 is 0 Å². The van der Waals surface area contributed by atoms with Crippen molar-refractivity contribution in [2.75, 3.05) is 18.1 Å². The minimum Gasteiger partial charge on any atom is -0.406 e. The van der Waals surface area contributed by atoms with Crippen LogP contribution in [-0.4, -0.2) is 36.5 Å². The fraction of sp³-hybridized carbons (Fsp3) is 0.333. The molecule has 0 N–H and O–H groups in total. The highest BCUT2D eigenvalue weighted by Gasteiger charge is 2.31. The maximum absolute atomic E-state index is 13.0. The third-order valence-electron chi connectivity index (χ3n) is 4.20. The van der Waals surface area contributed by atoms with Crippen molar-refractivity contribution in [1.82, 2.24) is 4.98 Å². The second kappa shape index (κ2) is 7.69. The van der Waals surface area contributed by atoms with E-state index in [2.05, 4.69) is 9.72 Å². The van der Waals surface area contributed by atoms with E-state index in [1.54, 1.807) is 17.0 Å². The zero-order valence-electron chi connectivity index (χ0n) is 14.4. The van der Waals surface area contributed by atoms with E-state index in [4.69, 9.17) is 4.74 Å². The van der Waals surface area contributed by atoms with E-state index in [0.29, 0.717) is 33.4 Å². The molecule has 4 rings (SSSR count). The molecule has 3 heterocycles. The molecule has 1 fully saturated rings. The Bertz CT molecular complexity index is 966. The van der Waals surface area contributed by atoms with Crippen molar-refractivity contribution in [1.29, 1.82) is 0 Å². The number of amides is 1. The molecule has 148 valence electrons. The molecule has 1 saturated heterocycles. The summed E-state index contributed by atoms with van der Waals surface area (Å²) in [7, 11) is 0. The van der Waals surface area contributed by atoms with E-state index < -0.39 is 6.36 Å². The molecule has 3 aromatic rings. The Balaban J connectivity index is 1.66. The Morgan fingerprint density at radius 3 is 2.89 bits per heavy atom. The lowest BCUT2D eigenvalue weighted by atomic mass is 10.2. The lowest BCUT2D eigenvalue weighted by Gasteiger charge is -2.22. The molecule has 0 saturated carbocycles. The first-order chi connectivity index (χ1) is 13.4. The standard InChI is InChI=1S/C18H15F3N2O3S2/c19-18(20,21)26-11-5-6-13-15(9-11)28-17(22-13)23(10-12-3-1-7-25-12)16(24)14-4-2-8-27-14/h2,4-6,8-9,12H,1,3,7,10H2/t12-/m0/s1. The van der Waals surface area contributed by atoms with Crippen molar-refractivity contribution in [3.63, 3.8) is 0 Å². The predicted molar refractivity (Wildman–Crippen MR) is 101 cm³/mol. The summed E-state index contributed by atoms with van der Waals surface area (Å²) >= 11 is 2.48. The number of alkyl halides is 3. The number of anilines is 1. The summed E-state index contributed by atoms with van der Waals surface area (Å²) in [6.07, 6.45) is -3.06. The molecule has 5 nitrogen and oxygen atoms in total. The molecule has 2 aromatic heterocycles. The van der Waals surface area contributed by atoms with Crippen molar-refractivity contribution in [3.05, 3.63) is 40.6 Å². The van der Waals surface area contributed by atoms with Gasteiger partial charge in [-0.1, -0.05) is 17.4 Å². The molecule has 0 aliphatic carbocycles. The number of carbonyl (C=O) groups excluding carboxylic acids is 1. The Morgan fingerprint density at radius 2 is 2.21 bits per heavy atom. The van der Waals surface area contributed by atoms with Gasteiger partial charge in [-0.2, -0.15) is 0 Å². The molecule has 0 spiro atoms. The smallest absolute Gasteiger partial charge is 0.406 e. The van der Waals surface area contributed by atoms with E-state index in [1.807, 2.05) is 5.38 Å². The second-order valence-electron chi connectivity index (χ2n) is 6.20. The molecule has 0 unspecified atom stereocenters. The van der Waals surface area contributed by atoms with Gasteiger partial charge < -0.3 is 9.47 Å². The van der Waals surface area contributed by atoms with Crippen LogP contribution < -0.4 is 9.64 Å². The molecule has 1 aromatic carbocycles. The number of halogens is 3. The third kappa shape index (κ3) is 4.29. The molecule has 1 atom stereocenters. The second-order valence-corrected chi connectivity index (χ2v) is 8.16. The first kappa shape index (κ1) is 19.2. The molecule has 0 radical (unpaired) electrons. The van der Waals surface area contributed by atoms with E-state index in [0.717, 1.165) is 24.2 Å². The number of rotatable bonds is 5. The van der Waals surface area contributed by atoms with Crippen LogP contribution in [0.2, 0.25) is 0 Å². The molecule has 1 aliphatic rings. The normalized spacial score (nSPS) is 17.2. The Kier molecular flexibility index (Phi) is 5.26. The fourth-order valence-electron chi connectivity index (χ4n) is 2.98. The summed E-state index contributed by atoms with van der Waals surface area (Å²) in [6.45, 7) is 1.01. The summed E-state index contributed by atoms with van der Waals surface area (Å²) in [4.78, 5) is 19.6. The zero-order chi connectivity index (χ0) is 19.7. The largest absolute Gasteiger partial charge is 0.573 e. The first-order valence-corrected chi connectivity index (χ1v) is 10.2. The quantitative estimate of drug-likeness (QED) is 0.569. The molecule has 1 aliphatic heterocycles. The van der Waals surface area contributed by atoms with Crippen LogP contribution in [0.3, 0.4) is 0 Å². The van der Waals surface area contributed by atoms with Crippen LogP contribution in [0.4, 0.5) is 18.3 Å².